The molecule has 4 nitrogen and oxygen atoms in total. The lowest BCUT2D eigenvalue weighted by molar-refractivity contribution is -0.125. The van der Waals surface area contributed by atoms with E-state index in [9.17, 15) is 14.0 Å². The molecule has 1 saturated heterocycles. The van der Waals surface area contributed by atoms with Gasteiger partial charge in [-0.1, -0.05) is 0 Å². The number of nitrogens with zero attached hydrogens (tertiary/aromatic N) is 1. The van der Waals surface area contributed by atoms with Gasteiger partial charge in [0.2, 0.25) is 11.8 Å². The number of imide groups is 1. The Hall–Kier alpha value is -1.91. The van der Waals surface area contributed by atoms with Crippen LogP contribution >= 0.6 is 0 Å². The summed E-state index contributed by atoms with van der Waals surface area (Å²) in [5.41, 5.74) is 5.69. The van der Waals surface area contributed by atoms with E-state index >= 15 is 0 Å². The highest BCUT2D eigenvalue weighted by molar-refractivity contribution is 6.15. The number of halogens is 1. The Kier molecular flexibility index (Phi) is 3.08. The van der Waals surface area contributed by atoms with Crippen molar-refractivity contribution in [2.45, 2.75) is 25.7 Å². The number of anilines is 2. The van der Waals surface area contributed by atoms with E-state index in [1.807, 2.05) is 0 Å². The van der Waals surface area contributed by atoms with Crippen molar-refractivity contribution in [3.05, 3.63) is 24.0 Å². The van der Waals surface area contributed by atoms with Crippen molar-refractivity contribution in [1.82, 2.24) is 0 Å². The highest BCUT2D eigenvalue weighted by atomic mass is 19.1. The summed E-state index contributed by atoms with van der Waals surface area (Å²) in [4.78, 5) is 24.5. The lowest BCUT2D eigenvalue weighted by atomic mass is 10.2. The molecule has 17 heavy (non-hydrogen) atoms. The summed E-state index contributed by atoms with van der Waals surface area (Å²) in [5, 5.41) is 0. The summed E-state index contributed by atoms with van der Waals surface area (Å²) in [6, 6.07) is 3.95. The molecule has 0 aromatic heterocycles. The van der Waals surface area contributed by atoms with Gasteiger partial charge in [0.1, 0.15) is 5.82 Å². The van der Waals surface area contributed by atoms with Crippen LogP contribution in [-0.2, 0) is 9.59 Å². The minimum Gasteiger partial charge on any atom is -0.399 e. The van der Waals surface area contributed by atoms with Crippen LogP contribution in [0.3, 0.4) is 0 Å². The Morgan fingerprint density at radius 2 is 1.71 bits per heavy atom. The van der Waals surface area contributed by atoms with Crippen LogP contribution in [0.25, 0.3) is 0 Å². The zero-order chi connectivity index (χ0) is 12.4. The first kappa shape index (κ1) is 11.6. The van der Waals surface area contributed by atoms with Crippen molar-refractivity contribution in [3.63, 3.8) is 0 Å². The van der Waals surface area contributed by atoms with Crippen LogP contribution in [0.15, 0.2) is 18.2 Å². The molecule has 0 aliphatic carbocycles. The van der Waals surface area contributed by atoms with Gasteiger partial charge in [-0.2, -0.15) is 0 Å². The normalized spacial score (nSPS) is 17.1. The predicted octanol–water partition coefficient (Wildman–Crippen LogP) is 1.84. The molecule has 0 saturated carbocycles. The second-order valence-electron chi connectivity index (χ2n) is 4.04. The Bertz CT molecular complexity index is 456. The van der Waals surface area contributed by atoms with E-state index in [0.717, 1.165) is 11.0 Å². The quantitative estimate of drug-likeness (QED) is 0.597. The topological polar surface area (TPSA) is 63.4 Å². The van der Waals surface area contributed by atoms with Gasteiger partial charge in [0.05, 0.1) is 5.69 Å². The molecule has 0 bridgehead atoms. The van der Waals surface area contributed by atoms with Crippen LogP contribution in [0, 0.1) is 5.82 Å². The summed E-state index contributed by atoms with van der Waals surface area (Å²) in [6.07, 6.45) is 1.88. The second-order valence-corrected chi connectivity index (χ2v) is 4.04. The highest BCUT2D eigenvalue weighted by Gasteiger charge is 2.27. The molecular weight excluding hydrogens is 223 g/mol. The smallest absolute Gasteiger partial charge is 0.233 e. The van der Waals surface area contributed by atoms with E-state index in [-0.39, 0.29) is 36.0 Å². The van der Waals surface area contributed by atoms with Gasteiger partial charge in [-0.3, -0.25) is 9.59 Å². The molecule has 0 atom stereocenters. The van der Waals surface area contributed by atoms with E-state index in [1.54, 1.807) is 0 Å². The molecule has 1 heterocycles. The lowest BCUT2D eigenvalue weighted by Crippen LogP contribution is -2.35. The minimum absolute atomic E-state index is 0.00361. The average Bonchev–Trinajstić information content (AvgIpc) is 2.42. The largest absolute Gasteiger partial charge is 0.399 e. The standard InChI is InChI=1S/C12H13FN2O2/c13-9-7-8(14)5-6-10(9)15-11(16)3-1-2-4-12(15)17/h5-7H,1-4,14H2. The average molecular weight is 236 g/mol. The second kappa shape index (κ2) is 4.53. The molecule has 1 aromatic carbocycles. The molecule has 2 N–H and O–H groups in total. The maximum absolute atomic E-state index is 13.7. The number of nitrogens with two attached hydrogens (primary N) is 1. The zero-order valence-corrected chi connectivity index (χ0v) is 9.28. The maximum atomic E-state index is 13.7. The molecule has 2 amide bonds. The van der Waals surface area contributed by atoms with Gasteiger partial charge in [0, 0.05) is 18.5 Å². The summed E-state index contributed by atoms with van der Waals surface area (Å²) in [5.74, 6) is -1.35. The van der Waals surface area contributed by atoms with Crippen molar-refractivity contribution in [1.29, 1.82) is 0 Å². The maximum Gasteiger partial charge on any atom is 0.233 e. The Morgan fingerprint density at radius 1 is 1.12 bits per heavy atom. The fraction of sp³-hybridized carbons (Fsp3) is 0.333. The molecule has 2 rings (SSSR count). The summed E-state index contributed by atoms with van der Waals surface area (Å²) >= 11 is 0. The van der Waals surface area contributed by atoms with Gasteiger partial charge in [-0.05, 0) is 31.0 Å². The third kappa shape index (κ3) is 2.27. The Morgan fingerprint density at radius 3 is 2.24 bits per heavy atom. The number of hydrogen-bond acceptors (Lipinski definition) is 3. The SMILES string of the molecule is Nc1ccc(N2C(=O)CCCCC2=O)c(F)c1. The first-order chi connectivity index (χ1) is 8.09. The molecule has 1 fully saturated rings. The van der Waals surface area contributed by atoms with Gasteiger partial charge in [0.15, 0.2) is 0 Å². The zero-order valence-electron chi connectivity index (χ0n) is 9.28. The molecular formula is C12H13FN2O2. The number of benzene rings is 1. The monoisotopic (exact) mass is 236 g/mol. The number of carbonyl (C=O) groups is 2. The fourth-order valence-electron chi connectivity index (χ4n) is 1.89. The van der Waals surface area contributed by atoms with Crippen LogP contribution < -0.4 is 10.6 Å². The summed E-state index contributed by atoms with van der Waals surface area (Å²) in [7, 11) is 0. The molecule has 1 aliphatic heterocycles. The molecule has 5 heteroatoms. The number of hydrogen-bond donors (Lipinski definition) is 1. The van der Waals surface area contributed by atoms with Crippen molar-refractivity contribution >= 4 is 23.2 Å². The Balaban J connectivity index is 2.41. The molecule has 0 spiro atoms. The fourth-order valence-corrected chi connectivity index (χ4v) is 1.89. The third-order valence-electron chi connectivity index (χ3n) is 2.74. The predicted molar refractivity (Wildman–Crippen MR) is 61.8 cm³/mol. The van der Waals surface area contributed by atoms with Crippen molar-refractivity contribution in [2.24, 2.45) is 0 Å². The lowest BCUT2D eigenvalue weighted by Gasteiger charge is -2.19. The van der Waals surface area contributed by atoms with Gasteiger partial charge in [0.25, 0.3) is 0 Å². The van der Waals surface area contributed by atoms with Crippen molar-refractivity contribution in [2.75, 3.05) is 10.6 Å². The molecule has 1 aromatic rings. The van der Waals surface area contributed by atoms with Crippen LogP contribution in [-0.4, -0.2) is 11.8 Å². The van der Waals surface area contributed by atoms with Crippen LogP contribution in [0.2, 0.25) is 0 Å². The van der Waals surface area contributed by atoms with Crippen molar-refractivity contribution < 1.29 is 14.0 Å². The van der Waals surface area contributed by atoms with Crippen molar-refractivity contribution in [3.8, 4) is 0 Å². The van der Waals surface area contributed by atoms with E-state index in [1.165, 1.54) is 12.1 Å². The Labute approximate surface area is 98.2 Å². The molecule has 0 unspecified atom stereocenters. The van der Waals surface area contributed by atoms with E-state index in [0.29, 0.717) is 12.8 Å². The van der Waals surface area contributed by atoms with E-state index in [2.05, 4.69) is 0 Å². The van der Waals surface area contributed by atoms with Gasteiger partial charge in [-0.15, -0.1) is 0 Å². The first-order valence-electron chi connectivity index (χ1n) is 5.50. The number of rotatable bonds is 1. The molecule has 0 radical (unpaired) electrons. The molecule has 1 aliphatic rings. The molecule has 90 valence electrons. The van der Waals surface area contributed by atoms with Gasteiger partial charge >= 0.3 is 0 Å². The number of nitrogen functional groups attached to an aromatic ring is 1. The van der Waals surface area contributed by atoms with Gasteiger partial charge < -0.3 is 5.73 Å². The van der Waals surface area contributed by atoms with Gasteiger partial charge in [-0.25, -0.2) is 9.29 Å². The van der Waals surface area contributed by atoms with E-state index in [4.69, 9.17) is 5.73 Å². The minimum atomic E-state index is -0.645. The highest BCUT2D eigenvalue weighted by Crippen LogP contribution is 2.25. The number of carbonyl (C=O) groups excluding carboxylic acids is 2. The number of amides is 2. The summed E-state index contributed by atoms with van der Waals surface area (Å²) < 4.78 is 13.7. The van der Waals surface area contributed by atoms with Crippen LogP contribution in [0.4, 0.5) is 15.8 Å². The third-order valence-corrected chi connectivity index (χ3v) is 2.74. The van der Waals surface area contributed by atoms with E-state index < -0.39 is 5.82 Å². The van der Waals surface area contributed by atoms with Crippen LogP contribution in [0.1, 0.15) is 25.7 Å². The summed E-state index contributed by atoms with van der Waals surface area (Å²) in [6.45, 7) is 0. The van der Waals surface area contributed by atoms with Crippen LogP contribution in [0.5, 0.6) is 0 Å². The first-order valence-corrected chi connectivity index (χ1v) is 5.50.